The highest BCUT2D eigenvalue weighted by Gasteiger charge is 2.72. The molecule has 2 saturated heterocycles. The lowest BCUT2D eigenvalue weighted by Gasteiger charge is -2.32. The zero-order chi connectivity index (χ0) is 19.4. The third-order valence-corrected chi connectivity index (χ3v) is 6.05. The van der Waals surface area contributed by atoms with Crippen LogP contribution in [0.25, 0.3) is 0 Å². The molecule has 1 aromatic rings. The van der Waals surface area contributed by atoms with Crippen LogP contribution in [0, 0.1) is 11.8 Å². The molecule has 3 heterocycles. The average Bonchev–Trinajstić information content (AvgIpc) is 3.12. The Morgan fingerprint density at radius 1 is 1.33 bits per heavy atom. The van der Waals surface area contributed by atoms with Crippen LogP contribution in [0.2, 0.25) is 0 Å². The number of carbonyl (C=O) groups is 3. The minimum atomic E-state index is -0.861. The van der Waals surface area contributed by atoms with E-state index in [2.05, 4.69) is 5.32 Å². The molecule has 3 aliphatic rings. The highest BCUT2D eigenvalue weighted by Crippen LogP contribution is 2.59. The van der Waals surface area contributed by atoms with Gasteiger partial charge in [-0.05, 0) is 31.1 Å². The maximum Gasteiger partial charge on any atom is 0.237 e. The van der Waals surface area contributed by atoms with E-state index in [1.54, 1.807) is 0 Å². The van der Waals surface area contributed by atoms with Crippen LogP contribution >= 0.6 is 0 Å². The van der Waals surface area contributed by atoms with Gasteiger partial charge in [-0.25, -0.2) is 0 Å². The summed E-state index contributed by atoms with van der Waals surface area (Å²) in [7, 11) is 0. The minimum absolute atomic E-state index is 0.164. The van der Waals surface area contributed by atoms with E-state index in [4.69, 9.17) is 10.5 Å². The van der Waals surface area contributed by atoms with Crippen molar-refractivity contribution in [2.45, 2.75) is 31.6 Å². The molecule has 27 heavy (non-hydrogen) atoms. The Morgan fingerprint density at radius 2 is 2.04 bits per heavy atom. The summed E-state index contributed by atoms with van der Waals surface area (Å²) in [6, 6.07) is 9.60. The molecule has 2 bridgehead atoms. The maximum absolute atomic E-state index is 13.1. The summed E-state index contributed by atoms with van der Waals surface area (Å²) >= 11 is 0. The van der Waals surface area contributed by atoms with Gasteiger partial charge in [0.25, 0.3) is 0 Å². The predicted molar refractivity (Wildman–Crippen MR) is 97.0 cm³/mol. The lowest BCUT2D eigenvalue weighted by Crippen LogP contribution is -2.49. The van der Waals surface area contributed by atoms with Crippen LogP contribution in [0.4, 0.5) is 0 Å². The number of ether oxygens (including phenoxy) is 1. The first-order chi connectivity index (χ1) is 12.8. The largest absolute Gasteiger partial charge is 0.368 e. The van der Waals surface area contributed by atoms with Crippen LogP contribution in [-0.4, -0.2) is 46.9 Å². The van der Waals surface area contributed by atoms with Crippen molar-refractivity contribution in [1.82, 2.24) is 10.2 Å². The Kier molecular flexibility index (Phi) is 3.89. The summed E-state index contributed by atoms with van der Waals surface area (Å²) in [6.07, 6.45) is 1.94. The number of hydrogen-bond acceptors (Lipinski definition) is 4. The number of nitrogens with two attached hydrogens (primary N) is 1. The minimum Gasteiger partial charge on any atom is -0.368 e. The van der Waals surface area contributed by atoms with Crippen molar-refractivity contribution in [1.29, 1.82) is 0 Å². The van der Waals surface area contributed by atoms with Crippen LogP contribution in [0.5, 0.6) is 0 Å². The van der Waals surface area contributed by atoms with Gasteiger partial charge < -0.3 is 20.7 Å². The van der Waals surface area contributed by atoms with Crippen molar-refractivity contribution in [3.63, 3.8) is 0 Å². The van der Waals surface area contributed by atoms with Crippen molar-refractivity contribution < 1.29 is 19.1 Å². The summed E-state index contributed by atoms with van der Waals surface area (Å²) in [5.41, 5.74) is 5.51. The zero-order valence-electron chi connectivity index (χ0n) is 15.4. The molecule has 0 radical (unpaired) electrons. The number of rotatable bonds is 5. The molecule has 0 unspecified atom stereocenters. The molecule has 4 atom stereocenters. The van der Waals surface area contributed by atoms with Gasteiger partial charge in [0, 0.05) is 6.54 Å². The molecular formula is C20H23N3O4. The molecule has 7 nitrogen and oxygen atoms in total. The fraction of sp³-hybridized carbons (Fsp3) is 0.450. The second kappa shape index (κ2) is 5.92. The Hall–Kier alpha value is -2.67. The monoisotopic (exact) mass is 369 g/mol. The number of hydrogen-bond donors (Lipinski definition) is 2. The zero-order valence-corrected chi connectivity index (χ0v) is 15.4. The van der Waals surface area contributed by atoms with Crippen LogP contribution in [0.1, 0.15) is 19.4 Å². The molecule has 3 N–H and O–H groups in total. The number of amides is 3. The van der Waals surface area contributed by atoms with Gasteiger partial charge in [0.15, 0.2) is 0 Å². The van der Waals surface area contributed by atoms with E-state index in [-0.39, 0.29) is 24.9 Å². The van der Waals surface area contributed by atoms with Gasteiger partial charge in [0.2, 0.25) is 17.7 Å². The number of nitrogens with one attached hydrogen (secondary N) is 1. The van der Waals surface area contributed by atoms with Crippen LogP contribution in [0.15, 0.2) is 42.0 Å². The summed E-state index contributed by atoms with van der Waals surface area (Å²) in [4.78, 5) is 38.8. The van der Waals surface area contributed by atoms with E-state index >= 15 is 0 Å². The van der Waals surface area contributed by atoms with Crippen LogP contribution in [-0.2, 0) is 25.7 Å². The van der Waals surface area contributed by atoms with Gasteiger partial charge in [0.05, 0.1) is 30.5 Å². The van der Waals surface area contributed by atoms with E-state index in [9.17, 15) is 14.4 Å². The number of carbonyl (C=O) groups excluding carboxylic acids is 3. The van der Waals surface area contributed by atoms with Gasteiger partial charge in [-0.15, -0.1) is 0 Å². The van der Waals surface area contributed by atoms with Gasteiger partial charge >= 0.3 is 0 Å². The molecule has 2 fully saturated rings. The normalized spacial score (nSPS) is 33.8. The molecule has 1 aromatic carbocycles. The predicted octanol–water partition coefficient (Wildman–Crippen LogP) is 0.350. The lowest BCUT2D eigenvalue weighted by atomic mass is 9.68. The standard InChI is InChI=1S/C20H23N3O4/c1-12-8-20-11-23(10-14(21)24)18(26)16(20)15(19(12,2)27-20)17(25)22-9-13-6-4-3-5-7-13/h3-8,15-16H,9-11H2,1-2H3,(H2,21,24)(H,22,25)/t15-,16+,19+,20-/m1/s1. The number of benzene rings is 1. The van der Waals surface area contributed by atoms with E-state index in [1.807, 2.05) is 50.3 Å². The number of fused-ring (bicyclic) bond motifs is 1. The summed E-state index contributed by atoms with van der Waals surface area (Å²) in [5, 5.41) is 2.95. The molecule has 7 heteroatoms. The van der Waals surface area contributed by atoms with Gasteiger partial charge in [-0.2, -0.15) is 0 Å². The van der Waals surface area contributed by atoms with Crippen LogP contribution in [0.3, 0.4) is 0 Å². The molecule has 4 rings (SSSR count). The maximum atomic E-state index is 13.1. The number of nitrogens with zero attached hydrogens (tertiary/aromatic N) is 1. The first kappa shape index (κ1) is 17.7. The van der Waals surface area contributed by atoms with E-state index in [1.165, 1.54) is 4.90 Å². The van der Waals surface area contributed by atoms with E-state index in [0.717, 1.165) is 11.1 Å². The van der Waals surface area contributed by atoms with Crippen molar-refractivity contribution in [2.24, 2.45) is 17.6 Å². The van der Waals surface area contributed by atoms with Crippen LogP contribution < -0.4 is 11.1 Å². The van der Waals surface area contributed by atoms with Gasteiger partial charge in [-0.1, -0.05) is 30.3 Å². The second-order valence-corrected chi connectivity index (χ2v) is 7.81. The Morgan fingerprint density at radius 3 is 2.70 bits per heavy atom. The molecule has 142 valence electrons. The molecule has 1 spiro atoms. The molecule has 3 aliphatic heterocycles. The number of primary amides is 1. The first-order valence-electron chi connectivity index (χ1n) is 9.06. The molecule has 0 saturated carbocycles. The molecule has 3 amide bonds. The molecule has 0 aliphatic carbocycles. The smallest absolute Gasteiger partial charge is 0.237 e. The third-order valence-electron chi connectivity index (χ3n) is 6.05. The Balaban J connectivity index is 1.60. The van der Waals surface area contributed by atoms with Gasteiger partial charge in [0.1, 0.15) is 5.60 Å². The molecule has 0 aromatic heterocycles. The third kappa shape index (κ3) is 2.56. The fourth-order valence-corrected chi connectivity index (χ4v) is 4.80. The Labute approximate surface area is 157 Å². The SMILES string of the molecule is CC1=C[C@@]23CN(CC(N)=O)C(=O)[C@@H]2[C@H](C(=O)NCc2ccccc2)[C@@]1(C)O3. The van der Waals surface area contributed by atoms with E-state index in [0.29, 0.717) is 6.54 Å². The summed E-state index contributed by atoms with van der Waals surface area (Å²) in [6.45, 7) is 4.25. The highest BCUT2D eigenvalue weighted by atomic mass is 16.5. The molecular weight excluding hydrogens is 346 g/mol. The highest BCUT2D eigenvalue weighted by molar-refractivity contribution is 5.95. The van der Waals surface area contributed by atoms with Gasteiger partial charge in [-0.3, -0.25) is 14.4 Å². The quantitative estimate of drug-likeness (QED) is 0.731. The summed E-state index contributed by atoms with van der Waals surface area (Å²) < 4.78 is 6.28. The van der Waals surface area contributed by atoms with Crippen molar-refractivity contribution in [2.75, 3.05) is 13.1 Å². The lowest BCUT2D eigenvalue weighted by molar-refractivity contribution is -0.140. The van der Waals surface area contributed by atoms with E-state index < -0.39 is 28.9 Å². The topological polar surface area (TPSA) is 102 Å². The summed E-state index contributed by atoms with van der Waals surface area (Å²) in [5.74, 6) is -2.32. The second-order valence-electron chi connectivity index (χ2n) is 7.81. The van der Waals surface area contributed by atoms with Crippen molar-refractivity contribution in [3.05, 3.63) is 47.5 Å². The Bertz CT molecular complexity index is 852. The number of likely N-dealkylation sites (tertiary alicyclic amines) is 1. The fourth-order valence-electron chi connectivity index (χ4n) is 4.80. The average molecular weight is 369 g/mol. The van der Waals surface area contributed by atoms with Crippen molar-refractivity contribution >= 4 is 17.7 Å². The first-order valence-corrected chi connectivity index (χ1v) is 9.06. The van der Waals surface area contributed by atoms with Crippen molar-refractivity contribution in [3.8, 4) is 0 Å².